The standard InChI is InChI=1S/C13H21N3O2/c1-10(12(15)13(17)16-8-7-14)18-9-11-5-3-2-4-6-11/h2-6,10,12H,7-9,14-15H2,1H3,(H,16,17)/t10-,12?/m0/s1. The van der Waals surface area contributed by atoms with Crippen molar-refractivity contribution in [2.24, 2.45) is 11.5 Å². The second kappa shape index (κ2) is 7.81. The first-order chi connectivity index (χ1) is 8.65. The predicted octanol–water partition coefficient (Wildman–Crippen LogP) is -0.00610. The molecule has 2 atom stereocenters. The third kappa shape index (κ3) is 4.83. The lowest BCUT2D eigenvalue weighted by molar-refractivity contribution is -0.125. The minimum Gasteiger partial charge on any atom is -0.372 e. The number of amides is 1. The molecular formula is C13H21N3O2. The van der Waals surface area contributed by atoms with Crippen molar-refractivity contribution < 1.29 is 9.53 Å². The molecule has 5 N–H and O–H groups in total. The van der Waals surface area contributed by atoms with Crippen molar-refractivity contribution in [1.29, 1.82) is 0 Å². The molecule has 18 heavy (non-hydrogen) atoms. The smallest absolute Gasteiger partial charge is 0.239 e. The molecule has 5 nitrogen and oxygen atoms in total. The second-order valence-corrected chi connectivity index (χ2v) is 4.11. The molecule has 0 bridgehead atoms. The van der Waals surface area contributed by atoms with Crippen molar-refractivity contribution in [1.82, 2.24) is 5.32 Å². The predicted molar refractivity (Wildman–Crippen MR) is 70.7 cm³/mol. The number of hydrogen-bond donors (Lipinski definition) is 3. The van der Waals surface area contributed by atoms with E-state index in [2.05, 4.69) is 5.32 Å². The lowest BCUT2D eigenvalue weighted by Crippen LogP contribution is -2.49. The van der Waals surface area contributed by atoms with Crippen LogP contribution in [0.1, 0.15) is 12.5 Å². The van der Waals surface area contributed by atoms with Gasteiger partial charge in [0.15, 0.2) is 0 Å². The Labute approximate surface area is 107 Å². The van der Waals surface area contributed by atoms with Gasteiger partial charge in [0.2, 0.25) is 5.91 Å². The zero-order chi connectivity index (χ0) is 13.4. The molecule has 0 saturated carbocycles. The van der Waals surface area contributed by atoms with Crippen LogP contribution in [0.15, 0.2) is 30.3 Å². The first kappa shape index (κ1) is 14.6. The van der Waals surface area contributed by atoms with Crippen LogP contribution in [0.3, 0.4) is 0 Å². The Morgan fingerprint density at radius 1 is 1.39 bits per heavy atom. The van der Waals surface area contributed by atoms with Gasteiger partial charge in [0.1, 0.15) is 6.04 Å². The highest BCUT2D eigenvalue weighted by Crippen LogP contribution is 2.05. The van der Waals surface area contributed by atoms with E-state index in [4.69, 9.17) is 16.2 Å². The highest BCUT2D eigenvalue weighted by molar-refractivity contribution is 5.82. The Balaban J connectivity index is 2.35. The molecule has 0 saturated heterocycles. The molecule has 0 aliphatic heterocycles. The van der Waals surface area contributed by atoms with E-state index in [1.165, 1.54) is 0 Å². The maximum Gasteiger partial charge on any atom is 0.239 e. The van der Waals surface area contributed by atoms with Gasteiger partial charge in [0.25, 0.3) is 0 Å². The van der Waals surface area contributed by atoms with Crippen LogP contribution in [0, 0.1) is 0 Å². The van der Waals surface area contributed by atoms with E-state index in [0.717, 1.165) is 5.56 Å². The molecule has 1 aromatic rings. The minimum atomic E-state index is -0.680. The van der Waals surface area contributed by atoms with Crippen molar-refractivity contribution in [3.05, 3.63) is 35.9 Å². The largest absolute Gasteiger partial charge is 0.372 e. The summed E-state index contributed by atoms with van der Waals surface area (Å²) in [5.41, 5.74) is 12.1. The van der Waals surface area contributed by atoms with Gasteiger partial charge in [-0.25, -0.2) is 0 Å². The van der Waals surface area contributed by atoms with Crippen LogP contribution in [0.2, 0.25) is 0 Å². The Kier molecular flexibility index (Phi) is 6.35. The molecule has 0 heterocycles. The molecule has 100 valence electrons. The van der Waals surface area contributed by atoms with E-state index in [0.29, 0.717) is 19.7 Å². The Morgan fingerprint density at radius 2 is 2.06 bits per heavy atom. The molecule has 0 spiro atoms. The number of nitrogens with one attached hydrogen (secondary N) is 1. The van der Waals surface area contributed by atoms with E-state index in [-0.39, 0.29) is 12.0 Å². The van der Waals surface area contributed by atoms with E-state index < -0.39 is 6.04 Å². The van der Waals surface area contributed by atoms with E-state index in [1.807, 2.05) is 30.3 Å². The summed E-state index contributed by atoms with van der Waals surface area (Å²) in [6.07, 6.45) is -0.344. The van der Waals surface area contributed by atoms with Crippen LogP contribution in [0.4, 0.5) is 0 Å². The van der Waals surface area contributed by atoms with Gasteiger partial charge in [0, 0.05) is 13.1 Å². The molecule has 0 aliphatic rings. The monoisotopic (exact) mass is 251 g/mol. The number of benzene rings is 1. The number of hydrogen-bond acceptors (Lipinski definition) is 4. The van der Waals surface area contributed by atoms with Gasteiger partial charge in [0.05, 0.1) is 12.7 Å². The summed E-state index contributed by atoms with van der Waals surface area (Å²) < 4.78 is 5.57. The van der Waals surface area contributed by atoms with Crippen LogP contribution in [-0.2, 0) is 16.1 Å². The summed E-state index contributed by atoms with van der Waals surface area (Å²) in [6, 6.07) is 9.08. The van der Waals surface area contributed by atoms with Gasteiger partial charge < -0.3 is 21.5 Å². The topological polar surface area (TPSA) is 90.4 Å². The maximum absolute atomic E-state index is 11.6. The van der Waals surface area contributed by atoms with Crippen molar-refractivity contribution in [3.8, 4) is 0 Å². The van der Waals surface area contributed by atoms with Gasteiger partial charge in [-0.15, -0.1) is 0 Å². The van der Waals surface area contributed by atoms with Crippen LogP contribution < -0.4 is 16.8 Å². The molecule has 1 rings (SSSR count). The third-order valence-corrected chi connectivity index (χ3v) is 2.61. The maximum atomic E-state index is 11.6. The first-order valence-electron chi connectivity index (χ1n) is 6.04. The Morgan fingerprint density at radius 3 is 2.67 bits per heavy atom. The summed E-state index contributed by atoms with van der Waals surface area (Å²) in [7, 11) is 0. The molecule has 1 unspecified atom stereocenters. The van der Waals surface area contributed by atoms with Gasteiger partial charge in [-0.05, 0) is 12.5 Å². The molecule has 0 fully saturated rings. The molecule has 0 aliphatic carbocycles. The number of carbonyl (C=O) groups is 1. The average molecular weight is 251 g/mol. The highest BCUT2D eigenvalue weighted by atomic mass is 16.5. The fourth-order valence-corrected chi connectivity index (χ4v) is 1.43. The summed E-state index contributed by atoms with van der Waals surface area (Å²) >= 11 is 0. The van der Waals surface area contributed by atoms with Crippen LogP contribution in [0.25, 0.3) is 0 Å². The second-order valence-electron chi connectivity index (χ2n) is 4.11. The quantitative estimate of drug-likeness (QED) is 0.636. The van der Waals surface area contributed by atoms with E-state index in [1.54, 1.807) is 6.92 Å². The van der Waals surface area contributed by atoms with E-state index in [9.17, 15) is 4.79 Å². The SMILES string of the molecule is C[C@H](OCc1ccccc1)C(N)C(=O)NCCN. The highest BCUT2D eigenvalue weighted by Gasteiger charge is 2.20. The van der Waals surface area contributed by atoms with Gasteiger partial charge in [-0.2, -0.15) is 0 Å². The minimum absolute atomic E-state index is 0.235. The third-order valence-electron chi connectivity index (χ3n) is 2.61. The van der Waals surface area contributed by atoms with Crippen molar-refractivity contribution in [3.63, 3.8) is 0 Å². The lowest BCUT2D eigenvalue weighted by atomic mass is 10.1. The van der Waals surface area contributed by atoms with Gasteiger partial charge in [-0.1, -0.05) is 30.3 Å². The average Bonchev–Trinajstić information content (AvgIpc) is 2.42. The zero-order valence-corrected chi connectivity index (χ0v) is 10.6. The van der Waals surface area contributed by atoms with Crippen molar-refractivity contribution >= 4 is 5.91 Å². The first-order valence-corrected chi connectivity index (χ1v) is 6.04. The van der Waals surface area contributed by atoms with Gasteiger partial charge >= 0.3 is 0 Å². The molecule has 1 amide bonds. The molecule has 0 radical (unpaired) electrons. The van der Waals surface area contributed by atoms with Crippen LogP contribution in [0.5, 0.6) is 0 Å². The van der Waals surface area contributed by atoms with Crippen molar-refractivity contribution in [2.45, 2.75) is 25.7 Å². The Hall–Kier alpha value is -1.43. The lowest BCUT2D eigenvalue weighted by Gasteiger charge is -2.19. The molecule has 0 aromatic heterocycles. The Bertz CT molecular complexity index is 357. The molecule has 1 aromatic carbocycles. The summed E-state index contributed by atoms with van der Waals surface area (Å²) in [5.74, 6) is -0.235. The number of carbonyl (C=O) groups excluding carboxylic acids is 1. The zero-order valence-electron chi connectivity index (χ0n) is 10.6. The molecule has 5 heteroatoms. The van der Waals surface area contributed by atoms with Crippen LogP contribution >= 0.6 is 0 Å². The number of nitrogens with two attached hydrogens (primary N) is 2. The van der Waals surface area contributed by atoms with Crippen LogP contribution in [-0.4, -0.2) is 31.1 Å². The fourth-order valence-electron chi connectivity index (χ4n) is 1.43. The summed E-state index contributed by atoms with van der Waals surface area (Å²) in [4.78, 5) is 11.6. The van der Waals surface area contributed by atoms with Gasteiger partial charge in [-0.3, -0.25) is 4.79 Å². The summed E-state index contributed by atoms with van der Waals surface area (Å²) in [6.45, 7) is 3.06. The normalized spacial score (nSPS) is 13.9. The van der Waals surface area contributed by atoms with Crippen molar-refractivity contribution in [2.75, 3.05) is 13.1 Å². The van der Waals surface area contributed by atoms with E-state index >= 15 is 0 Å². The number of rotatable bonds is 7. The summed E-state index contributed by atoms with van der Waals surface area (Å²) in [5, 5.41) is 2.64. The number of ether oxygens (including phenoxy) is 1. The molecular weight excluding hydrogens is 230 g/mol. The fraction of sp³-hybridized carbons (Fsp3) is 0.462.